The predicted octanol–water partition coefficient (Wildman–Crippen LogP) is 3.97. The van der Waals surface area contributed by atoms with Crippen LogP contribution in [0.4, 0.5) is 0 Å². The van der Waals surface area contributed by atoms with Crippen LogP contribution in [-0.4, -0.2) is 29.3 Å². The number of pyridine rings is 1. The normalized spacial score (nSPS) is 11.6. The lowest BCUT2D eigenvalue weighted by Gasteiger charge is -2.08. The van der Waals surface area contributed by atoms with E-state index in [1.807, 2.05) is 12.3 Å². The Morgan fingerprint density at radius 1 is 1.08 bits per heavy atom. The smallest absolute Gasteiger partial charge is 0.163 e. The molecule has 3 aromatic heterocycles. The van der Waals surface area contributed by atoms with Gasteiger partial charge < -0.3 is 19.0 Å². The topological polar surface area (TPSA) is 73.2 Å². The molecule has 1 aromatic carbocycles. The molecule has 0 amide bonds. The summed E-state index contributed by atoms with van der Waals surface area (Å²) in [6.45, 7) is 2.90. The summed E-state index contributed by atoms with van der Waals surface area (Å²) in [5, 5.41) is 6.42. The van der Waals surface area contributed by atoms with Crippen molar-refractivity contribution in [2.45, 2.75) is 20.1 Å². The van der Waals surface area contributed by atoms with Crippen LogP contribution in [0.2, 0.25) is 0 Å². The second-order valence-electron chi connectivity index (χ2n) is 6.09. The Labute approximate surface area is 144 Å². The van der Waals surface area contributed by atoms with Gasteiger partial charge in [0.25, 0.3) is 0 Å². The van der Waals surface area contributed by atoms with E-state index in [9.17, 15) is 0 Å². The summed E-state index contributed by atoms with van der Waals surface area (Å²) < 4.78 is 15.9. The number of methoxy groups -OCH3 is 2. The largest absolute Gasteiger partial charge is 0.380 e. The van der Waals surface area contributed by atoms with Crippen LogP contribution < -0.4 is 0 Å². The number of benzene rings is 1. The van der Waals surface area contributed by atoms with E-state index in [0.717, 1.165) is 33.1 Å². The van der Waals surface area contributed by atoms with Crippen LogP contribution in [0.5, 0.6) is 0 Å². The van der Waals surface area contributed by atoms with Crippen molar-refractivity contribution in [3.63, 3.8) is 0 Å². The van der Waals surface area contributed by atoms with Crippen LogP contribution in [0.25, 0.3) is 33.2 Å². The van der Waals surface area contributed by atoms with Crippen LogP contribution >= 0.6 is 0 Å². The lowest BCUT2D eigenvalue weighted by molar-refractivity contribution is 0.156. The van der Waals surface area contributed by atoms with Gasteiger partial charge in [-0.3, -0.25) is 4.98 Å². The van der Waals surface area contributed by atoms with Gasteiger partial charge in [-0.1, -0.05) is 16.8 Å². The quantitative estimate of drug-likeness (QED) is 0.596. The highest BCUT2D eigenvalue weighted by molar-refractivity contribution is 6.10. The SMILES string of the molecule is COCc1cc(-c2ncc3[nH]c4ccc(C)cc4c3c2COC)no1. The van der Waals surface area contributed by atoms with Gasteiger partial charge in [0, 0.05) is 42.1 Å². The summed E-state index contributed by atoms with van der Waals surface area (Å²) in [4.78, 5) is 8.04. The first kappa shape index (κ1) is 15.8. The van der Waals surface area contributed by atoms with Gasteiger partial charge in [0.05, 0.1) is 24.0 Å². The molecule has 0 radical (unpaired) electrons. The molecule has 6 nitrogen and oxygen atoms in total. The summed E-state index contributed by atoms with van der Waals surface area (Å²) in [5.74, 6) is 0.664. The second kappa shape index (κ2) is 6.31. The maximum Gasteiger partial charge on any atom is 0.163 e. The van der Waals surface area contributed by atoms with Gasteiger partial charge in [-0.05, 0) is 19.1 Å². The first-order chi connectivity index (χ1) is 12.2. The fourth-order valence-corrected chi connectivity index (χ4v) is 3.21. The highest BCUT2D eigenvalue weighted by Gasteiger charge is 2.18. The van der Waals surface area contributed by atoms with Crippen molar-refractivity contribution in [1.29, 1.82) is 0 Å². The van der Waals surface area contributed by atoms with Crippen molar-refractivity contribution in [2.24, 2.45) is 0 Å². The molecule has 0 aliphatic carbocycles. The minimum atomic E-state index is 0.376. The van der Waals surface area contributed by atoms with E-state index in [1.165, 1.54) is 5.56 Å². The van der Waals surface area contributed by atoms with Crippen LogP contribution in [0.3, 0.4) is 0 Å². The van der Waals surface area contributed by atoms with Gasteiger partial charge in [0.15, 0.2) is 5.76 Å². The molecule has 25 heavy (non-hydrogen) atoms. The average molecular weight is 337 g/mol. The number of aryl methyl sites for hydroxylation is 1. The van der Waals surface area contributed by atoms with E-state index in [0.29, 0.717) is 24.7 Å². The fourth-order valence-electron chi connectivity index (χ4n) is 3.21. The molecule has 1 N–H and O–H groups in total. The molecule has 0 bridgehead atoms. The third-order valence-electron chi connectivity index (χ3n) is 4.27. The molecule has 0 saturated heterocycles. The van der Waals surface area contributed by atoms with Crippen molar-refractivity contribution in [3.05, 3.63) is 47.3 Å². The molecule has 3 heterocycles. The van der Waals surface area contributed by atoms with E-state index in [-0.39, 0.29) is 0 Å². The number of rotatable bonds is 5. The van der Waals surface area contributed by atoms with E-state index >= 15 is 0 Å². The molecular formula is C19H19N3O3. The number of aromatic nitrogens is 3. The van der Waals surface area contributed by atoms with Crippen molar-refractivity contribution >= 4 is 21.8 Å². The van der Waals surface area contributed by atoms with Crippen LogP contribution in [0.1, 0.15) is 16.9 Å². The third-order valence-corrected chi connectivity index (χ3v) is 4.27. The third kappa shape index (κ3) is 2.69. The highest BCUT2D eigenvalue weighted by atomic mass is 16.5. The Morgan fingerprint density at radius 2 is 1.92 bits per heavy atom. The zero-order valence-electron chi connectivity index (χ0n) is 14.4. The lowest BCUT2D eigenvalue weighted by atomic mass is 10.0. The number of hydrogen-bond acceptors (Lipinski definition) is 5. The summed E-state index contributed by atoms with van der Waals surface area (Å²) in [6.07, 6.45) is 1.84. The number of nitrogens with one attached hydrogen (secondary N) is 1. The molecule has 0 unspecified atom stereocenters. The zero-order valence-corrected chi connectivity index (χ0v) is 14.4. The van der Waals surface area contributed by atoms with Gasteiger partial charge in [0.2, 0.25) is 0 Å². The number of H-pyrrole nitrogens is 1. The van der Waals surface area contributed by atoms with Gasteiger partial charge in [-0.25, -0.2) is 0 Å². The van der Waals surface area contributed by atoms with E-state index < -0.39 is 0 Å². The van der Waals surface area contributed by atoms with Crippen molar-refractivity contribution in [1.82, 2.24) is 15.1 Å². The van der Waals surface area contributed by atoms with E-state index in [2.05, 4.69) is 40.2 Å². The number of nitrogens with zero attached hydrogens (tertiary/aromatic N) is 2. The van der Waals surface area contributed by atoms with Crippen LogP contribution in [0.15, 0.2) is 35.0 Å². The Bertz CT molecular complexity index is 1050. The second-order valence-corrected chi connectivity index (χ2v) is 6.09. The molecule has 6 heteroatoms. The predicted molar refractivity (Wildman–Crippen MR) is 95.3 cm³/mol. The number of ether oxygens (including phenoxy) is 2. The Kier molecular flexibility index (Phi) is 3.99. The summed E-state index contributed by atoms with van der Waals surface area (Å²) >= 11 is 0. The van der Waals surface area contributed by atoms with Crippen molar-refractivity contribution < 1.29 is 14.0 Å². The van der Waals surface area contributed by atoms with Gasteiger partial charge >= 0.3 is 0 Å². The minimum absolute atomic E-state index is 0.376. The average Bonchev–Trinajstić information content (AvgIpc) is 3.20. The maximum absolute atomic E-state index is 5.46. The van der Waals surface area contributed by atoms with Crippen molar-refractivity contribution in [3.8, 4) is 11.4 Å². The molecule has 0 fully saturated rings. The fraction of sp³-hybridized carbons (Fsp3) is 0.263. The first-order valence-electron chi connectivity index (χ1n) is 8.05. The maximum atomic E-state index is 5.46. The molecule has 4 rings (SSSR count). The van der Waals surface area contributed by atoms with Crippen LogP contribution in [0, 0.1) is 6.92 Å². The monoisotopic (exact) mass is 337 g/mol. The van der Waals surface area contributed by atoms with E-state index in [4.69, 9.17) is 14.0 Å². The molecule has 128 valence electrons. The van der Waals surface area contributed by atoms with Gasteiger partial charge in [0.1, 0.15) is 12.3 Å². The minimum Gasteiger partial charge on any atom is -0.380 e. The molecule has 4 aromatic rings. The Morgan fingerprint density at radius 3 is 2.72 bits per heavy atom. The van der Waals surface area contributed by atoms with E-state index in [1.54, 1.807) is 14.2 Å². The molecule has 0 saturated carbocycles. The molecular weight excluding hydrogens is 318 g/mol. The zero-order chi connectivity index (χ0) is 17.4. The number of aromatic amines is 1. The Balaban J connectivity index is 1.98. The van der Waals surface area contributed by atoms with Crippen LogP contribution in [-0.2, 0) is 22.7 Å². The summed E-state index contributed by atoms with van der Waals surface area (Å²) in [7, 11) is 3.30. The molecule has 0 aliphatic heterocycles. The standard InChI is InChI=1S/C19H19N3O3/c1-11-4-5-15-13(6-11)18-14(10-24-3)19(20-8-17(18)21-15)16-7-12(9-23-2)25-22-16/h4-8,21H,9-10H2,1-3H3. The van der Waals surface area contributed by atoms with Gasteiger partial charge in [-0.15, -0.1) is 0 Å². The molecule has 0 spiro atoms. The van der Waals surface area contributed by atoms with Crippen molar-refractivity contribution in [2.75, 3.05) is 14.2 Å². The summed E-state index contributed by atoms with van der Waals surface area (Å²) in [5.41, 5.74) is 5.72. The lowest BCUT2D eigenvalue weighted by Crippen LogP contribution is -1.97. The summed E-state index contributed by atoms with van der Waals surface area (Å²) in [6, 6.07) is 8.22. The number of hydrogen-bond donors (Lipinski definition) is 1. The molecule has 0 atom stereocenters. The Hall–Kier alpha value is -2.70. The highest BCUT2D eigenvalue weighted by Crippen LogP contribution is 2.34. The number of fused-ring (bicyclic) bond motifs is 3. The van der Waals surface area contributed by atoms with Gasteiger partial charge in [-0.2, -0.15) is 0 Å². The molecule has 0 aliphatic rings. The first-order valence-corrected chi connectivity index (χ1v) is 8.05.